The predicted octanol–water partition coefficient (Wildman–Crippen LogP) is 2.56. The Labute approximate surface area is 108 Å². The van der Waals surface area contributed by atoms with Crippen molar-refractivity contribution in [3.05, 3.63) is 29.8 Å². The topological polar surface area (TPSA) is 62.1 Å². The minimum Gasteiger partial charge on any atom is -0.368 e. The molecule has 0 bridgehead atoms. The van der Waals surface area contributed by atoms with E-state index < -0.39 is 0 Å². The summed E-state index contributed by atoms with van der Waals surface area (Å²) in [5, 5.41) is 11.4. The lowest BCUT2D eigenvalue weighted by molar-refractivity contribution is -0.123. The SMILES string of the molecule is CC(C)C(C)OCC(=O)Nc1cccc(C#N)c1. The van der Waals surface area contributed by atoms with E-state index in [1.165, 1.54) is 0 Å². The zero-order valence-corrected chi connectivity index (χ0v) is 10.9. The second kappa shape index (κ2) is 6.77. The van der Waals surface area contributed by atoms with Gasteiger partial charge in [0.1, 0.15) is 6.61 Å². The fourth-order valence-corrected chi connectivity index (χ4v) is 1.26. The molecule has 0 heterocycles. The molecule has 18 heavy (non-hydrogen) atoms. The van der Waals surface area contributed by atoms with E-state index in [1.807, 2.05) is 26.8 Å². The highest BCUT2D eigenvalue weighted by atomic mass is 16.5. The van der Waals surface area contributed by atoms with Crippen molar-refractivity contribution in [1.82, 2.24) is 0 Å². The number of ether oxygens (including phenoxy) is 1. The van der Waals surface area contributed by atoms with Crippen molar-refractivity contribution in [2.24, 2.45) is 5.92 Å². The molecule has 0 spiro atoms. The van der Waals surface area contributed by atoms with Gasteiger partial charge in [-0.15, -0.1) is 0 Å². The highest BCUT2D eigenvalue weighted by Gasteiger charge is 2.10. The van der Waals surface area contributed by atoms with Crippen LogP contribution in [0.5, 0.6) is 0 Å². The molecule has 1 aromatic carbocycles. The maximum absolute atomic E-state index is 11.6. The second-order valence-electron chi connectivity index (χ2n) is 4.50. The Morgan fingerprint density at radius 3 is 2.78 bits per heavy atom. The summed E-state index contributed by atoms with van der Waals surface area (Å²) in [6.45, 7) is 6.04. The summed E-state index contributed by atoms with van der Waals surface area (Å²) in [5.41, 5.74) is 1.13. The van der Waals surface area contributed by atoms with Gasteiger partial charge in [0.25, 0.3) is 0 Å². The van der Waals surface area contributed by atoms with Crippen LogP contribution in [-0.4, -0.2) is 18.6 Å². The molecule has 1 unspecified atom stereocenters. The molecule has 0 radical (unpaired) electrons. The fraction of sp³-hybridized carbons (Fsp3) is 0.429. The summed E-state index contributed by atoms with van der Waals surface area (Å²) in [5.74, 6) is 0.164. The van der Waals surface area contributed by atoms with Crippen LogP contribution in [0.25, 0.3) is 0 Å². The first-order valence-electron chi connectivity index (χ1n) is 5.94. The molecule has 0 saturated carbocycles. The Hall–Kier alpha value is -1.86. The number of hydrogen-bond acceptors (Lipinski definition) is 3. The first-order valence-corrected chi connectivity index (χ1v) is 5.94. The van der Waals surface area contributed by atoms with E-state index in [2.05, 4.69) is 5.32 Å². The third-order valence-corrected chi connectivity index (χ3v) is 2.69. The van der Waals surface area contributed by atoms with Gasteiger partial charge < -0.3 is 10.1 Å². The van der Waals surface area contributed by atoms with Crippen LogP contribution in [0, 0.1) is 17.2 Å². The molecule has 0 aliphatic rings. The van der Waals surface area contributed by atoms with Crippen LogP contribution in [0.4, 0.5) is 5.69 Å². The standard InChI is InChI=1S/C14H18N2O2/c1-10(2)11(3)18-9-14(17)16-13-6-4-5-12(7-13)8-15/h4-7,10-11H,9H2,1-3H3,(H,16,17). The number of hydrogen-bond donors (Lipinski definition) is 1. The van der Waals surface area contributed by atoms with Crippen LogP contribution >= 0.6 is 0 Å². The Morgan fingerprint density at radius 1 is 1.44 bits per heavy atom. The minimum absolute atomic E-state index is 0.0239. The Kier molecular flexibility index (Phi) is 5.34. The summed E-state index contributed by atoms with van der Waals surface area (Å²) >= 11 is 0. The van der Waals surface area contributed by atoms with Gasteiger partial charge in [-0.3, -0.25) is 4.79 Å². The number of nitrogens with one attached hydrogen (secondary N) is 1. The van der Waals surface area contributed by atoms with E-state index in [9.17, 15) is 4.79 Å². The number of carbonyl (C=O) groups excluding carboxylic acids is 1. The van der Waals surface area contributed by atoms with Crippen LogP contribution in [-0.2, 0) is 9.53 Å². The Morgan fingerprint density at radius 2 is 2.17 bits per heavy atom. The zero-order valence-electron chi connectivity index (χ0n) is 10.9. The normalized spacial score (nSPS) is 11.9. The number of nitriles is 1. The molecule has 0 aliphatic carbocycles. The van der Waals surface area contributed by atoms with Crippen molar-refractivity contribution in [1.29, 1.82) is 5.26 Å². The molecule has 1 aromatic rings. The largest absolute Gasteiger partial charge is 0.368 e. The van der Waals surface area contributed by atoms with E-state index in [0.29, 0.717) is 17.2 Å². The van der Waals surface area contributed by atoms with Crippen LogP contribution in [0.3, 0.4) is 0 Å². The fourth-order valence-electron chi connectivity index (χ4n) is 1.26. The summed E-state index contributed by atoms with van der Waals surface area (Å²) in [6.07, 6.45) is 0.0428. The molecule has 96 valence electrons. The summed E-state index contributed by atoms with van der Waals surface area (Å²) < 4.78 is 5.42. The second-order valence-corrected chi connectivity index (χ2v) is 4.50. The molecule has 4 nitrogen and oxygen atoms in total. The zero-order chi connectivity index (χ0) is 13.5. The van der Waals surface area contributed by atoms with Crippen LogP contribution < -0.4 is 5.32 Å². The van der Waals surface area contributed by atoms with E-state index in [-0.39, 0.29) is 18.6 Å². The third kappa shape index (κ3) is 4.56. The lowest BCUT2D eigenvalue weighted by atomic mass is 10.1. The van der Waals surface area contributed by atoms with Crippen LogP contribution in [0.15, 0.2) is 24.3 Å². The number of anilines is 1. The molecule has 0 aromatic heterocycles. The smallest absolute Gasteiger partial charge is 0.250 e. The molecule has 4 heteroatoms. The molecule has 1 amide bonds. The van der Waals surface area contributed by atoms with Gasteiger partial charge in [-0.1, -0.05) is 19.9 Å². The Balaban J connectivity index is 2.47. The van der Waals surface area contributed by atoms with Gasteiger partial charge in [-0.2, -0.15) is 5.26 Å². The van der Waals surface area contributed by atoms with E-state index in [4.69, 9.17) is 10.00 Å². The summed E-state index contributed by atoms with van der Waals surface area (Å²) in [6, 6.07) is 8.81. The van der Waals surface area contributed by atoms with E-state index in [0.717, 1.165) is 0 Å². The molecule has 0 fully saturated rings. The highest BCUT2D eigenvalue weighted by molar-refractivity contribution is 5.91. The van der Waals surface area contributed by atoms with Gasteiger partial charge in [0.15, 0.2) is 0 Å². The number of nitrogens with zero attached hydrogens (tertiary/aromatic N) is 1. The monoisotopic (exact) mass is 246 g/mol. The minimum atomic E-state index is -0.211. The van der Waals surface area contributed by atoms with Crippen LogP contribution in [0.2, 0.25) is 0 Å². The molecule has 1 rings (SSSR count). The first-order chi connectivity index (χ1) is 8.52. The van der Waals surface area contributed by atoms with Gasteiger partial charge >= 0.3 is 0 Å². The number of carbonyl (C=O) groups is 1. The molecular formula is C14H18N2O2. The average molecular weight is 246 g/mol. The van der Waals surface area contributed by atoms with E-state index in [1.54, 1.807) is 24.3 Å². The third-order valence-electron chi connectivity index (χ3n) is 2.69. The van der Waals surface area contributed by atoms with Crippen LogP contribution in [0.1, 0.15) is 26.3 Å². The molecule has 1 N–H and O–H groups in total. The van der Waals surface area contributed by atoms with Gasteiger partial charge in [-0.25, -0.2) is 0 Å². The van der Waals surface area contributed by atoms with Crippen molar-refractivity contribution in [3.63, 3.8) is 0 Å². The molecule has 0 saturated heterocycles. The summed E-state index contributed by atoms with van der Waals surface area (Å²) in [7, 11) is 0. The average Bonchev–Trinajstić information content (AvgIpc) is 2.36. The van der Waals surface area contributed by atoms with Crippen molar-refractivity contribution in [2.75, 3.05) is 11.9 Å². The number of rotatable bonds is 5. The number of benzene rings is 1. The van der Waals surface area contributed by atoms with Gasteiger partial charge in [0.2, 0.25) is 5.91 Å². The van der Waals surface area contributed by atoms with Gasteiger partial charge in [-0.05, 0) is 31.0 Å². The van der Waals surface area contributed by atoms with Gasteiger partial charge in [0.05, 0.1) is 17.7 Å². The highest BCUT2D eigenvalue weighted by Crippen LogP contribution is 2.10. The quantitative estimate of drug-likeness (QED) is 0.868. The van der Waals surface area contributed by atoms with Crippen molar-refractivity contribution >= 4 is 11.6 Å². The first kappa shape index (κ1) is 14.2. The molecular weight excluding hydrogens is 228 g/mol. The van der Waals surface area contributed by atoms with Crippen molar-refractivity contribution in [2.45, 2.75) is 26.9 Å². The molecule has 1 atom stereocenters. The number of amides is 1. The Bertz CT molecular complexity index is 449. The van der Waals surface area contributed by atoms with E-state index >= 15 is 0 Å². The predicted molar refractivity (Wildman–Crippen MR) is 70.0 cm³/mol. The maximum Gasteiger partial charge on any atom is 0.250 e. The maximum atomic E-state index is 11.6. The lowest BCUT2D eigenvalue weighted by Gasteiger charge is -2.16. The lowest BCUT2D eigenvalue weighted by Crippen LogP contribution is -2.24. The van der Waals surface area contributed by atoms with Crippen molar-refractivity contribution in [3.8, 4) is 6.07 Å². The molecule has 0 aliphatic heterocycles. The van der Waals surface area contributed by atoms with Gasteiger partial charge in [0, 0.05) is 5.69 Å². The van der Waals surface area contributed by atoms with Crippen molar-refractivity contribution < 1.29 is 9.53 Å². The summed E-state index contributed by atoms with van der Waals surface area (Å²) in [4.78, 5) is 11.6.